The summed E-state index contributed by atoms with van der Waals surface area (Å²) in [7, 11) is 2.24. The van der Waals surface area contributed by atoms with E-state index in [1.54, 1.807) is 12.1 Å². The number of hydrogen-bond acceptors (Lipinski definition) is 3. The number of aromatic nitrogens is 2. The highest BCUT2D eigenvalue weighted by Crippen LogP contribution is 2.40. The van der Waals surface area contributed by atoms with Crippen molar-refractivity contribution in [3.8, 4) is 0 Å². The molecule has 0 aliphatic carbocycles. The van der Waals surface area contributed by atoms with Crippen molar-refractivity contribution < 1.29 is 4.39 Å². The molecule has 2 atom stereocenters. The number of nitrogen functional groups attached to an aromatic ring is 1. The van der Waals surface area contributed by atoms with Gasteiger partial charge in [-0.25, -0.2) is 9.37 Å². The van der Waals surface area contributed by atoms with Gasteiger partial charge in [-0.1, -0.05) is 6.42 Å². The minimum Gasteiger partial charge on any atom is -0.369 e. The van der Waals surface area contributed by atoms with Gasteiger partial charge in [0, 0.05) is 18.1 Å². The van der Waals surface area contributed by atoms with E-state index in [9.17, 15) is 4.39 Å². The fourth-order valence-corrected chi connectivity index (χ4v) is 4.27. The summed E-state index contributed by atoms with van der Waals surface area (Å²) in [6.07, 6.45) is 5.99. The molecule has 2 bridgehead atoms. The predicted octanol–water partition coefficient (Wildman–Crippen LogP) is 2.95. The fourth-order valence-electron chi connectivity index (χ4n) is 4.27. The molecule has 4 nitrogen and oxygen atoms in total. The molecule has 3 heterocycles. The normalized spacial score (nSPS) is 29.9. The predicted molar refractivity (Wildman–Crippen MR) is 81.6 cm³/mol. The average Bonchev–Trinajstić information content (AvgIpc) is 2.74. The Hall–Kier alpha value is -1.62. The number of rotatable bonds is 1. The second-order valence-electron chi connectivity index (χ2n) is 6.50. The van der Waals surface area contributed by atoms with Crippen molar-refractivity contribution in [1.82, 2.24) is 14.5 Å². The van der Waals surface area contributed by atoms with Crippen LogP contribution in [0, 0.1) is 5.82 Å². The van der Waals surface area contributed by atoms with Crippen molar-refractivity contribution in [2.24, 2.45) is 0 Å². The van der Waals surface area contributed by atoms with Gasteiger partial charge in [0.1, 0.15) is 5.82 Å². The molecule has 2 unspecified atom stereocenters. The highest BCUT2D eigenvalue weighted by Gasteiger charge is 2.37. The van der Waals surface area contributed by atoms with Crippen molar-refractivity contribution in [2.75, 3.05) is 12.8 Å². The number of benzene rings is 1. The first kappa shape index (κ1) is 13.1. The third-order valence-corrected chi connectivity index (χ3v) is 5.36. The molecule has 0 amide bonds. The van der Waals surface area contributed by atoms with Crippen LogP contribution in [0.2, 0.25) is 0 Å². The van der Waals surface area contributed by atoms with Crippen molar-refractivity contribution >= 4 is 17.0 Å². The fraction of sp³-hybridized carbons (Fsp3) is 0.562. The van der Waals surface area contributed by atoms with E-state index < -0.39 is 0 Å². The molecule has 0 spiro atoms. The zero-order chi connectivity index (χ0) is 14.6. The Kier molecular flexibility index (Phi) is 2.92. The zero-order valence-electron chi connectivity index (χ0n) is 12.3. The van der Waals surface area contributed by atoms with Crippen LogP contribution in [0.4, 0.5) is 10.3 Å². The van der Waals surface area contributed by atoms with Gasteiger partial charge in [-0.3, -0.25) is 0 Å². The van der Waals surface area contributed by atoms with E-state index in [4.69, 9.17) is 5.73 Å². The first-order valence-electron chi connectivity index (χ1n) is 7.78. The van der Waals surface area contributed by atoms with Crippen LogP contribution in [-0.2, 0) is 0 Å². The number of imidazole rings is 1. The maximum atomic E-state index is 13.6. The zero-order valence-corrected chi connectivity index (χ0v) is 12.3. The van der Waals surface area contributed by atoms with Crippen LogP contribution < -0.4 is 5.73 Å². The maximum Gasteiger partial charge on any atom is 0.201 e. The van der Waals surface area contributed by atoms with Crippen LogP contribution in [-0.4, -0.2) is 33.6 Å². The van der Waals surface area contributed by atoms with Crippen LogP contribution in [0.5, 0.6) is 0 Å². The molecule has 2 N–H and O–H groups in total. The number of halogens is 1. The molecule has 21 heavy (non-hydrogen) atoms. The summed E-state index contributed by atoms with van der Waals surface area (Å²) in [5, 5.41) is 0. The van der Waals surface area contributed by atoms with E-state index in [0.717, 1.165) is 23.9 Å². The third kappa shape index (κ3) is 2.02. The number of fused-ring (bicyclic) bond motifs is 3. The molecule has 2 saturated heterocycles. The van der Waals surface area contributed by atoms with E-state index in [2.05, 4.69) is 21.5 Å². The van der Waals surface area contributed by atoms with Gasteiger partial charge >= 0.3 is 0 Å². The van der Waals surface area contributed by atoms with Gasteiger partial charge in [-0.15, -0.1) is 0 Å². The van der Waals surface area contributed by atoms with Crippen LogP contribution in [0.25, 0.3) is 11.0 Å². The van der Waals surface area contributed by atoms with E-state index in [0.29, 0.717) is 24.1 Å². The second-order valence-corrected chi connectivity index (χ2v) is 6.50. The number of anilines is 1. The molecular weight excluding hydrogens is 267 g/mol. The Bertz CT molecular complexity index is 666. The van der Waals surface area contributed by atoms with Gasteiger partial charge in [-0.05, 0) is 50.9 Å². The number of piperidine rings is 2. The van der Waals surface area contributed by atoms with Crippen LogP contribution >= 0.6 is 0 Å². The van der Waals surface area contributed by atoms with Crippen LogP contribution in [0.1, 0.15) is 38.1 Å². The van der Waals surface area contributed by atoms with Gasteiger partial charge in [0.2, 0.25) is 5.95 Å². The molecule has 2 aliphatic rings. The van der Waals surface area contributed by atoms with Crippen molar-refractivity contribution in [3.63, 3.8) is 0 Å². The quantitative estimate of drug-likeness (QED) is 0.877. The molecule has 1 aromatic carbocycles. The first-order valence-corrected chi connectivity index (χ1v) is 7.78. The highest BCUT2D eigenvalue weighted by atomic mass is 19.1. The molecule has 0 saturated carbocycles. The topological polar surface area (TPSA) is 47.1 Å². The lowest BCUT2D eigenvalue weighted by atomic mass is 9.82. The summed E-state index contributed by atoms with van der Waals surface area (Å²) >= 11 is 0. The maximum absolute atomic E-state index is 13.6. The summed E-state index contributed by atoms with van der Waals surface area (Å²) in [4.78, 5) is 6.93. The summed E-state index contributed by atoms with van der Waals surface area (Å²) in [6.45, 7) is 0. The lowest BCUT2D eigenvalue weighted by Crippen LogP contribution is -2.50. The van der Waals surface area contributed by atoms with Crippen LogP contribution in [0.15, 0.2) is 18.2 Å². The number of nitrogens with zero attached hydrogens (tertiary/aromatic N) is 3. The SMILES string of the molecule is CN1C2CCCC1CC(n1c(N)nc3ccc(F)cc31)C2. The van der Waals surface area contributed by atoms with E-state index >= 15 is 0 Å². The van der Waals surface area contributed by atoms with Crippen molar-refractivity contribution in [1.29, 1.82) is 0 Å². The van der Waals surface area contributed by atoms with Gasteiger partial charge in [-0.2, -0.15) is 0 Å². The average molecular weight is 288 g/mol. The number of hydrogen-bond donors (Lipinski definition) is 1. The van der Waals surface area contributed by atoms with Crippen molar-refractivity contribution in [2.45, 2.75) is 50.2 Å². The minimum atomic E-state index is -0.225. The number of nitrogens with two attached hydrogens (primary N) is 1. The molecule has 4 rings (SSSR count). The Morgan fingerprint density at radius 3 is 2.62 bits per heavy atom. The summed E-state index contributed by atoms with van der Waals surface area (Å²) in [5.41, 5.74) is 7.76. The molecule has 0 radical (unpaired) electrons. The third-order valence-electron chi connectivity index (χ3n) is 5.36. The molecule has 2 fully saturated rings. The van der Waals surface area contributed by atoms with Gasteiger partial charge in [0.05, 0.1) is 11.0 Å². The molecule has 1 aromatic heterocycles. The minimum absolute atomic E-state index is 0.225. The van der Waals surface area contributed by atoms with Gasteiger partial charge in [0.25, 0.3) is 0 Å². The summed E-state index contributed by atoms with van der Waals surface area (Å²) in [6, 6.07) is 6.30. The first-order chi connectivity index (χ1) is 10.1. The van der Waals surface area contributed by atoms with E-state index in [-0.39, 0.29) is 5.82 Å². The Morgan fingerprint density at radius 2 is 1.90 bits per heavy atom. The molecule has 112 valence electrons. The van der Waals surface area contributed by atoms with E-state index in [1.165, 1.54) is 25.3 Å². The summed E-state index contributed by atoms with van der Waals surface area (Å²) in [5.74, 6) is 0.292. The van der Waals surface area contributed by atoms with Gasteiger partial charge in [0.15, 0.2) is 0 Å². The Morgan fingerprint density at radius 1 is 1.19 bits per heavy atom. The standard InChI is InChI=1S/C16H21FN4/c1-20-11-3-2-4-12(20)9-13(8-11)21-15-7-10(17)5-6-14(15)19-16(21)18/h5-7,11-13H,2-4,8-9H2,1H3,(H2,18,19). The Labute approximate surface area is 123 Å². The smallest absolute Gasteiger partial charge is 0.201 e. The van der Waals surface area contributed by atoms with Crippen LogP contribution in [0.3, 0.4) is 0 Å². The lowest BCUT2D eigenvalue weighted by Gasteiger charge is -2.47. The Balaban J connectivity index is 1.76. The summed E-state index contributed by atoms with van der Waals surface area (Å²) < 4.78 is 15.7. The molecule has 5 heteroatoms. The lowest BCUT2D eigenvalue weighted by molar-refractivity contribution is 0.0415. The molecule has 2 aromatic rings. The highest BCUT2D eigenvalue weighted by molar-refractivity contribution is 5.78. The van der Waals surface area contributed by atoms with Gasteiger partial charge < -0.3 is 15.2 Å². The second kappa shape index (κ2) is 4.70. The van der Waals surface area contributed by atoms with Crippen molar-refractivity contribution in [3.05, 3.63) is 24.0 Å². The largest absolute Gasteiger partial charge is 0.369 e. The monoisotopic (exact) mass is 288 g/mol. The molecular formula is C16H21FN4. The van der Waals surface area contributed by atoms with E-state index in [1.807, 2.05) is 0 Å². The molecule has 2 aliphatic heterocycles.